The zero-order valence-corrected chi connectivity index (χ0v) is 12.0. The van der Waals surface area contributed by atoms with Crippen molar-refractivity contribution in [1.82, 2.24) is 19.8 Å². The molecule has 2 aromatic rings. The van der Waals surface area contributed by atoms with E-state index in [9.17, 15) is 4.79 Å². The lowest BCUT2D eigenvalue weighted by atomic mass is 10.1. The number of aromatic nitrogens is 2. The first-order valence-electron chi connectivity index (χ1n) is 7.16. The van der Waals surface area contributed by atoms with Crippen molar-refractivity contribution in [3.8, 4) is 0 Å². The molecule has 20 heavy (non-hydrogen) atoms. The first-order valence-corrected chi connectivity index (χ1v) is 7.16. The van der Waals surface area contributed by atoms with E-state index in [1.807, 2.05) is 30.1 Å². The number of fused-ring (bicyclic) bond motifs is 1. The standard InChI is InChI=1S/C15H20N4O/c1-3-14-17-12-10-11(4-5-13(12)18(14)2)15(20)19-8-6-16-7-9-19/h4-5,10,16H,3,6-9H2,1-2H3. The van der Waals surface area contributed by atoms with Crippen LogP contribution in [0.5, 0.6) is 0 Å². The molecule has 106 valence electrons. The molecule has 1 saturated heterocycles. The first-order chi connectivity index (χ1) is 9.70. The summed E-state index contributed by atoms with van der Waals surface area (Å²) >= 11 is 0. The number of amides is 1. The fourth-order valence-electron chi connectivity index (χ4n) is 2.75. The number of nitrogens with one attached hydrogen (secondary N) is 1. The lowest BCUT2D eigenvalue weighted by Crippen LogP contribution is -2.46. The average Bonchev–Trinajstić information content (AvgIpc) is 2.83. The third kappa shape index (κ3) is 2.18. The Morgan fingerprint density at radius 2 is 2.10 bits per heavy atom. The Balaban J connectivity index is 1.94. The fourth-order valence-corrected chi connectivity index (χ4v) is 2.75. The maximum atomic E-state index is 12.5. The van der Waals surface area contributed by atoms with E-state index in [1.54, 1.807) is 0 Å². The van der Waals surface area contributed by atoms with Gasteiger partial charge in [0.15, 0.2) is 0 Å². The van der Waals surface area contributed by atoms with Crippen LogP contribution in [0, 0.1) is 0 Å². The molecule has 0 spiro atoms. The van der Waals surface area contributed by atoms with Crippen molar-refractivity contribution >= 4 is 16.9 Å². The van der Waals surface area contributed by atoms with Crippen LogP contribution in [0.15, 0.2) is 18.2 Å². The fraction of sp³-hybridized carbons (Fsp3) is 0.467. The molecule has 0 saturated carbocycles. The number of nitrogens with zero attached hydrogens (tertiary/aromatic N) is 3. The second-order valence-corrected chi connectivity index (χ2v) is 5.19. The summed E-state index contributed by atoms with van der Waals surface area (Å²) in [6.45, 7) is 5.39. The van der Waals surface area contributed by atoms with Crippen LogP contribution < -0.4 is 5.32 Å². The van der Waals surface area contributed by atoms with Crippen LogP contribution in [0.1, 0.15) is 23.1 Å². The molecule has 1 aliphatic rings. The van der Waals surface area contributed by atoms with E-state index in [1.165, 1.54) is 0 Å². The minimum absolute atomic E-state index is 0.108. The van der Waals surface area contributed by atoms with Crippen LogP contribution in [-0.2, 0) is 13.5 Å². The van der Waals surface area contributed by atoms with Crippen molar-refractivity contribution in [3.63, 3.8) is 0 Å². The Bertz CT molecular complexity index is 641. The number of imidazole rings is 1. The summed E-state index contributed by atoms with van der Waals surface area (Å²) in [5.41, 5.74) is 2.73. The molecule has 0 bridgehead atoms. The molecular weight excluding hydrogens is 252 g/mol. The highest BCUT2D eigenvalue weighted by molar-refractivity contribution is 5.97. The molecule has 0 atom stereocenters. The number of hydrogen-bond donors (Lipinski definition) is 1. The predicted molar refractivity (Wildman–Crippen MR) is 78.9 cm³/mol. The Kier molecular flexibility index (Phi) is 3.44. The summed E-state index contributed by atoms with van der Waals surface area (Å²) in [5, 5.41) is 3.26. The summed E-state index contributed by atoms with van der Waals surface area (Å²) in [4.78, 5) is 19.0. The summed E-state index contributed by atoms with van der Waals surface area (Å²) in [5.74, 6) is 1.16. The number of carbonyl (C=O) groups is 1. The third-order valence-corrected chi connectivity index (χ3v) is 3.94. The van der Waals surface area contributed by atoms with E-state index in [0.717, 1.165) is 55.0 Å². The highest BCUT2D eigenvalue weighted by Gasteiger charge is 2.18. The quantitative estimate of drug-likeness (QED) is 0.893. The van der Waals surface area contributed by atoms with Crippen LogP contribution in [0.25, 0.3) is 11.0 Å². The van der Waals surface area contributed by atoms with Crippen LogP contribution >= 0.6 is 0 Å². The van der Waals surface area contributed by atoms with E-state index in [0.29, 0.717) is 0 Å². The minimum atomic E-state index is 0.108. The van der Waals surface area contributed by atoms with Gasteiger partial charge in [-0.05, 0) is 18.2 Å². The summed E-state index contributed by atoms with van der Waals surface area (Å²) < 4.78 is 2.09. The largest absolute Gasteiger partial charge is 0.336 e. The van der Waals surface area contributed by atoms with Gasteiger partial charge in [0, 0.05) is 45.2 Å². The van der Waals surface area contributed by atoms with Crippen LogP contribution in [0.2, 0.25) is 0 Å². The average molecular weight is 272 g/mol. The molecule has 1 fully saturated rings. The first kappa shape index (κ1) is 13.1. The van der Waals surface area contributed by atoms with Crippen molar-refractivity contribution in [2.24, 2.45) is 7.05 Å². The third-order valence-electron chi connectivity index (χ3n) is 3.94. The van der Waals surface area contributed by atoms with Gasteiger partial charge in [0.25, 0.3) is 5.91 Å². The van der Waals surface area contributed by atoms with Gasteiger partial charge in [0.05, 0.1) is 11.0 Å². The predicted octanol–water partition coefficient (Wildman–Crippen LogP) is 1.18. The molecule has 5 heteroatoms. The highest BCUT2D eigenvalue weighted by Crippen LogP contribution is 2.18. The summed E-state index contributed by atoms with van der Waals surface area (Å²) in [7, 11) is 2.02. The topological polar surface area (TPSA) is 50.2 Å². The van der Waals surface area contributed by atoms with Gasteiger partial charge in [0.2, 0.25) is 0 Å². The van der Waals surface area contributed by atoms with Crippen molar-refractivity contribution in [2.45, 2.75) is 13.3 Å². The molecule has 1 aromatic carbocycles. The van der Waals surface area contributed by atoms with Crippen LogP contribution in [0.4, 0.5) is 0 Å². The van der Waals surface area contributed by atoms with Gasteiger partial charge in [-0.3, -0.25) is 4.79 Å². The Labute approximate surface area is 118 Å². The van der Waals surface area contributed by atoms with E-state index in [-0.39, 0.29) is 5.91 Å². The molecule has 5 nitrogen and oxygen atoms in total. The molecule has 1 N–H and O–H groups in total. The van der Waals surface area contributed by atoms with Gasteiger partial charge >= 0.3 is 0 Å². The number of carbonyl (C=O) groups excluding carboxylic acids is 1. The van der Waals surface area contributed by atoms with Gasteiger partial charge in [-0.15, -0.1) is 0 Å². The number of piperazine rings is 1. The highest BCUT2D eigenvalue weighted by atomic mass is 16.2. The minimum Gasteiger partial charge on any atom is -0.336 e. The number of benzene rings is 1. The van der Waals surface area contributed by atoms with E-state index >= 15 is 0 Å². The molecule has 1 aliphatic heterocycles. The van der Waals surface area contributed by atoms with Gasteiger partial charge < -0.3 is 14.8 Å². The molecule has 0 radical (unpaired) electrons. The Morgan fingerprint density at radius 1 is 1.35 bits per heavy atom. The Morgan fingerprint density at radius 3 is 2.80 bits per heavy atom. The summed E-state index contributed by atoms with van der Waals surface area (Å²) in [6, 6.07) is 5.82. The van der Waals surface area contributed by atoms with Gasteiger partial charge in [-0.1, -0.05) is 6.92 Å². The number of rotatable bonds is 2. The summed E-state index contributed by atoms with van der Waals surface area (Å²) in [6.07, 6.45) is 0.895. The maximum absolute atomic E-state index is 12.5. The normalized spacial score (nSPS) is 15.8. The van der Waals surface area contributed by atoms with E-state index < -0.39 is 0 Å². The maximum Gasteiger partial charge on any atom is 0.254 e. The van der Waals surface area contributed by atoms with Crippen molar-refractivity contribution in [3.05, 3.63) is 29.6 Å². The van der Waals surface area contributed by atoms with Crippen molar-refractivity contribution < 1.29 is 4.79 Å². The van der Waals surface area contributed by atoms with E-state index in [4.69, 9.17) is 0 Å². The lowest BCUT2D eigenvalue weighted by molar-refractivity contribution is 0.0736. The van der Waals surface area contributed by atoms with Gasteiger partial charge in [-0.2, -0.15) is 0 Å². The van der Waals surface area contributed by atoms with Gasteiger partial charge in [0.1, 0.15) is 5.82 Å². The Hall–Kier alpha value is -1.88. The molecule has 2 heterocycles. The molecule has 1 amide bonds. The van der Waals surface area contributed by atoms with E-state index in [2.05, 4.69) is 21.8 Å². The smallest absolute Gasteiger partial charge is 0.254 e. The van der Waals surface area contributed by atoms with Crippen LogP contribution in [0.3, 0.4) is 0 Å². The molecule has 0 unspecified atom stereocenters. The number of hydrogen-bond acceptors (Lipinski definition) is 3. The number of aryl methyl sites for hydroxylation is 2. The zero-order valence-electron chi connectivity index (χ0n) is 12.0. The monoisotopic (exact) mass is 272 g/mol. The molecular formula is C15H20N4O. The van der Waals surface area contributed by atoms with Crippen molar-refractivity contribution in [1.29, 1.82) is 0 Å². The second-order valence-electron chi connectivity index (χ2n) is 5.19. The van der Waals surface area contributed by atoms with Crippen molar-refractivity contribution in [2.75, 3.05) is 26.2 Å². The zero-order chi connectivity index (χ0) is 14.1. The lowest BCUT2D eigenvalue weighted by Gasteiger charge is -2.27. The molecule has 3 rings (SSSR count). The molecule has 1 aromatic heterocycles. The van der Waals surface area contributed by atoms with Gasteiger partial charge in [-0.25, -0.2) is 4.98 Å². The SMILES string of the molecule is CCc1nc2cc(C(=O)N3CCNCC3)ccc2n1C. The second kappa shape index (κ2) is 5.25. The van der Waals surface area contributed by atoms with Crippen LogP contribution in [-0.4, -0.2) is 46.5 Å². The molecule has 0 aliphatic carbocycles.